The smallest absolute Gasteiger partial charge is 0.00884 e. The molecule has 0 bridgehead atoms. The summed E-state index contributed by atoms with van der Waals surface area (Å²) < 4.78 is 0. The summed E-state index contributed by atoms with van der Waals surface area (Å²) in [5.41, 5.74) is 4.07. The van der Waals surface area contributed by atoms with Crippen molar-refractivity contribution in [2.45, 2.75) is 70.6 Å². The summed E-state index contributed by atoms with van der Waals surface area (Å²) in [4.78, 5) is 0. The number of rotatable bonds is 4. The van der Waals surface area contributed by atoms with Crippen LogP contribution in [-0.2, 0) is 5.41 Å². The number of hydrogen-bond donors (Lipinski definition) is 1. The van der Waals surface area contributed by atoms with E-state index in [9.17, 15) is 0 Å². The lowest BCUT2D eigenvalue weighted by Gasteiger charge is -2.57. The van der Waals surface area contributed by atoms with Gasteiger partial charge in [-0.1, -0.05) is 62.4 Å². The van der Waals surface area contributed by atoms with Crippen LogP contribution in [-0.4, -0.2) is 13.1 Å². The van der Waals surface area contributed by atoms with E-state index in [1.165, 1.54) is 56.9 Å². The summed E-state index contributed by atoms with van der Waals surface area (Å²) in [6.07, 6.45) is 11.6. The predicted molar refractivity (Wildman–Crippen MR) is 90.8 cm³/mol. The number of hydrogen-bond acceptors (Lipinski definition) is 1. The molecule has 0 radical (unpaired) electrons. The van der Waals surface area contributed by atoms with E-state index in [-0.39, 0.29) is 0 Å². The molecule has 116 valence electrons. The molecule has 1 N–H and O–H groups in total. The van der Waals surface area contributed by atoms with Gasteiger partial charge in [0.15, 0.2) is 0 Å². The van der Waals surface area contributed by atoms with Gasteiger partial charge in [0.2, 0.25) is 0 Å². The molecule has 0 aromatic heterocycles. The maximum Gasteiger partial charge on any atom is 0.00884 e. The number of benzene rings is 1. The zero-order chi connectivity index (χ0) is 14.8. The molecule has 1 aromatic rings. The van der Waals surface area contributed by atoms with Crippen molar-refractivity contribution in [2.75, 3.05) is 13.1 Å². The van der Waals surface area contributed by atoms with Crippen molar-refractivity contribution in [3.8, 4) is 0 Å². The Bertz CT molecular complexity index is 460. The highest BCUT2D eigenvalue weighted by Crippen LogP contribution is 2.61. The van der Waals surface area contributed by atoms with Gasteiger partial charge in [0.1, 0.15) is 0 Å². The third-order valence-corrected chi connectivity index (χ3v) is 5.93. The van der Waals surface area contributed by atoms with Crippen LogP contribution in [0.25, 0.3) is 0 Å². The molecule has 1 heteroatoms. The molecule has 3 rings (SSSR count). The minimum atomic E-state index is 0.409. The van der Waals surface area contributed by atoms with Crippen LogP contribution in [0.4, 0.5) is 0 Å². The zero-order valence-corrected chi connectivity index (χ0v) is 13.9. The van der Waals surface area contributed by atoms with E-state index in [1.54, 1.807) is 5.56 Å². The zero-order valence-electron chi connectivity index (χ0n) is 13.9. The third-order valence-electron chi connectivity index (χ3n) is 5.93. The van der Waals surface area contributed by atoms with Crippen LogP contribution in [0.15, 0.2) is 24.3 Å². The number of aryl methyl sites for hydroxylation is 1. The molecular formula is C20H31N. The molecule has 0 saturated heterocycles. The molecule has 0 aliphatic heterocycles. The van der Waals surface area contributed by atoms with Gasteiger partial charge in [0.25, 0.3) is 0 Å². The largest absolute Gasteiger partial charge is 0.316 e. The van der Waals surface area contributed by atoms with Gasteiger partial charge in [-0.15, -0.1) is 0 Å². The average Bonchev–Trinajstić information content (AvgIpc) is 2.69. The summed E-state index contributed by atoms with van der Waals surface area (Å²) in [6, 6.07) is 9.27. The molecule has 0 atom stereocenters. The Balaban J connectivity index is 1.80. The van der Waals surface area contributed by atoms with Crippen molar-refractivity contribution in [3.63, 3.8) is 0 Å². The van der Waals surface area contributed by atoms with E-state index in [2.05, 4.69) is 43.4 Å². The average molecular weight is 285 g/mol. The number of likely N-dealkylation sites (N-methyl/N-ethyl adjacent to an activating group) is 1. The molecule has 2 fully saturated rings. The van der Waals surface area contributed by atoms with E-state index in [1.807, 2.05) is 0 Å². The van der Waals surface area contributed by atoms with E-state index in [0.29, 0.717) is 10.8 Å². The molecule has 2 aliphatic carbocycles. The summed E-state index contributed by atoms with van der Waals surface area (Å²) >= 11 is 0. The van der Waals surface area contributed by atoms with Crippen LogP contribution in [0.3, 0.4) is 0 Å². The lowest BCUT2D eigenvalue weighted by atomic mass is 9.48. The minimum Gasteiger partial charge on any atom is -0.316 e. The first kappa shape index (κ1) is 15.1. The fourth-order valence-corrected chi connectivity index (χ4v) is 4.99. The van der Waals surface area contributed by atoms with Crippen molar-refractivity contribution in [3.05, 3.63) is 35.4 Å². The third kappa shape index (κ3) is 3.04. The van der Waals surface area contributed by atoms with Gasteiger partial charge in [-0.3, -0.25) is 0 Å². The highest BCUT2D eigenvalue weighted by molar-refractivity contribution is 5.34. The Kier molecular flexibility index (Phi) is 4.40. The Morgan fingerprint density at radius 1 is 1.05 bits per heavy atom. The van der Waals surface area contributed by atoms with Crippen LogP contribution in [0.5, 0.6) is 0 Å². The second kappa shape index (κ2) is 6.12. The predicted octanol–water partition coefficient (Wildman–Crippen LogP) is 4.98. The fraction of sp³-hybridized carbons (Fsp3) is 0.700. The van der Waals surface area contributed by atoms with Gasteiger partial charge in [-0.05, 0) is 50.1 Å². The second-order valence-electron chi connectivity index (χ2n) is 7.70. The first-order chi connectivity index (χ1) is 10.2. The summed E-state index contributed by atoms with van der Waals surface area (Å²) in [7, 11) is 0. The van der Waals surface area contributed by atoms with Gasteiger partial charge in [-0.2, -0.15) is 0 Å². The SMILES string of the molecule is CCNCC1(c2cccc(C)c2)CC2(CCCCCC2)C1. The van der Waals surface area contributed by atoms with Gasteiger partial charge in [0, 0.05) is 12.0 Å². The molecule has 0 heterocycles. The molecule has 2 saturated carbocycles. The van der Waals surface area contributed by atoms with Crippen molar-refractivity contribution in [1.82, 2.24) is 5.32 Å². The first-order valence-corrected chi connectivity index (χ1v) is 8.96. The second-order valence-corrected chi connectivity index (χ2v) is 7.70. The standard InChI is InChI=1S/C20H31N/c1-3-21-16-20(18-10-8-9-17(2)13-18)14-19(15-20)11-6-4-5-7-12-19/h8-10,13,21H,3-7,11-12,14-16H2,1-2H3. The highest BCUT2D eigenvalue weighted by atomic mass is 14.9. The van der Waals surface area contributed by atoms with E-state index < -0.39 is 0 Å². The van der Waals surface area contributed by atoms with Gasteiger partial charge < -0.3 is 5.32 Å². The molecule has 2 aliphatic rings. The van der Waals surface area contributed by atoms with Crippen molar-refractivity contribution in [2.24, 2.45) is 5.41 Å². The first-order valence-electron chi connectivity index (χ1n) is 8.96. The monoisotopic (exact) mass is 285 g/mol. The quantitative estimate of drug-likeness (QED) is 0.823. The lowest BCUT2D eigenvalue weighted by Crippen LogP contribution is -2.54. The van der Waals surface area contributed by atoms with Crippen molar-refractivity contribution in [1.29, 1.82) is 0 Å². The van der Waals surface area contributed by atoms with E-state index in [0.717, 1.165) is 13.1 Å². The van der Waals surface area contributed by atoms with Gasteiger partial charge >= 0.3 is 0 Å². The Morgan fingerprint density at radius 2 is 1.76 bits per heavy atom. The Morgan fingerprint density at radius 3 is 2.38 bits per heavy atom. The summed E-state index contributed by atoms with van der Waals surface area (Å²) in [6.45, 7) is 6.70. The van der Waals surface area contributed by atoms with Gasteiger partial charge in [0.05, 0.1) is 0 Å². The highest BCUT2D eigenvalue weighted by Gasteiger charge is 2.54. The normalized spacial score (nSPS) is 23.5. The van der Waals surface area contributed by atoms with E-state index >= 15 is 0 Å². The summed E-state index contributed by atoms with van der Waals surface area (Å²) in [5.74, 6) is 0. The van der Waals surface area contributed by atoms with E-state index in [4.69, 9.17) is 0 Å². The molecule has 0 unspecified atom stereocenters. The van der Waals surface area contributed by atoms with Crippen LogP contribution < -0.4 is 5.32 Å². The van der Waals surface area contributed by atoms with Crippen molar-refractivity contribution >= 4 is 0 Å². The summed E-state index contributed by atoms with van der Waals surface area (Å²) in [5, 5.41) is 3.65. The topological polar surface area (TPSA) is 12.0 Å². The molecule has 1 aromatic carbocycles. The van der Waals surface area contributed by atoms with Crippen LogP contribution in [0, 0.1) is 12.3 Å². The molecule has 0 amide bonds. The molecule has 21 heavy (non-hydrogen) atoms. The van der Waals surface area contributed by atoms with Gasteiger partial charge in [-0.25, -0.2) is 0 Å². The maximum absolute atomic E-state index is 3.65. The van der Waals surface area contributed by atoms with Crippen LogP contribution in [0.2, 0.25) is 0 Å². The molecule has 1 spiro atoms. The lowest BCUT2D eigenvalue weighted by molar-refractivity contribution is 0.00641. The van der Waals surface area contributed by atoms with Crippen LogP contribution >= 0.6 is 0 Å². The maximum atomic E-state index is 3.65. The molecule has 1 nitrogen and oxygen atoms in total. The minimum absolute atomic E-state index is 0.409. The molecular weight excluding hydrogens is 254 g/mol. The number of nitrogens with one attached hydrogen (secondary N) is 1. The Hall–Kier alpha value is -0.820. The Labute approximate surface area is 130 Å². The fourth-order valence-electron chi connectivity index (χ4n) is 4.99. The van der Waals surface area contributed by atoms with Crippen LogP contribution in [0.1, 0.15) is 69.4 Å². The van der Waals surface area contributed by atoms with Crippen molar-refractivity contribution < 1.29 is 0 Å².